The van der Waals surface area contributed by atoms with Gasteiger partial charge in [-0.2, -0.15) is 0 Å². The zero-order valence-electron chi connectivity index (χ0n) is 25.1. The third-order valence-electron chi connectivity index (χ3n) is 10.2. The second-order valence-corrected chi connectivity index (χ2v) is 13.2. The van der Waals surface area contributed by atoms with Gasteiger partial charge in [-0.25, -0.2) is 4.39 Å². The molecule has 3 atom stereocenters. The van der Waals surface area contributed by atoms with Gasteiger partial charge in [-0.05, 0) is 70.3 Å². The molecule has 6 N–H and O–H groups in total. The highest BCUT2D eigenvalue weighted by molar-refractivity contribution is 5.94. The fraction of sp³-hybridized carbons (Fsp3) is 0.774. The summed E-state index contributed by atoms with van der Waals surface area (Å²) in [6, 6.07) is 1.43. The molecule has 1 aromatic heterocycles. The lowest BCUT2D eigenvalue weighted by molar-refractivity contribution is -0.138. The number of carbonyl (C=O) groups is 2. The van der Waals surface area contributed by atoms with Gasteiger partial charge in [0.15, 0.2) is 0 Å². The van der Waals surface area contributed by atoms with E-state index in [0.29, 0.717) is 17.9 Å². The second kappa shape index (κ2) is 14.0. The van der Waals surface area contributed by atoms with Crippen molar-refractivity contribution in [2.45, 2.75) is 95.1 Å². The quantitative estimate of drug-likeness (QED) is 0.357. The Morgan fingerprint density at radius 2 is 1.81 bits per heavy atom. The minimum atomic E-state index is -0.951. The van der Waals surface area contributed by atoms with Crippen molar-refractivity contribution in [3.63, 3.8) is 0 Å². The van der Waals surface area contributed by atoms with Gasteiger partial charge in [-0.15, -0.1) is 0 Å². The van der Waals surface area contributed by atoms with Crippen LogP contribution in [0.1, 0.15) is 70.6 Å². The van der Waals surface area contributed by atoms with Gasteiger partial charge >= 0.3 is 0 Å². The van der Waals surface area contributed by atoms with E-state index in [9.17, 15) is 14.0 Å². The summed E-state index contributed by atoms with van der Waals surface area (Å²) < 4.78 is 21.0. The summed E-state index contributed by atoms with van der Waals surface area (Å²) in [5.41, 5.74) is 12.9. The maximum absolute atomic E-state index is 14.6. The number of ether oxygens (including phenoxy) is 1. The summed E-state index contributed by atoms with van der Waals surface area (Å²) >= 11 is 0. The number of likely N-dealkylation sites (N-methyl/N-ethyl adjacent to an activating group) is 1. The number of piperazine rings is 1. The smallest absolute Gasteiger partial charge is 0.232 e. The Hall–Kier alpha value is -2.34. The average Bonchev–Trinajstić information content (AvgIpc) is 3.44. The van der Waals surface area contributed by atoms with Gasteiger partial charge < -0.3 is 36.6 Å². The van der Waals surface area contributed by atoms with Crippen molar-refractivity contribution < 1.29 is 18.7 Å². The van der Waals surface area contributed by atoms with Gasteiger partial charge in [0.2, 0.25) is 11.8 Å². The molecule has 4 fully saturated rings. The Morgan fingerprint density at radius 1 is 1.10 bits per heavy atom. The Bertz CT molecular complexity index is 1050. The first-order valence-corrected chi connectivity index (χ1v) is 16.0. The number of nitrogens with one attached hydrogen (secondary N) is 2. The van der Waals surface area contributed by atoms with E-state index in [-0.39, 0.29) is 41.8 Å². The van der Waals surface area contributed by atoms with Crippen LogP contribution in [0.2, 0.25) is 0 Å². The van der Waals surface area contributed by atoms with Crippen LogP contribution >= 0.6 is 0 Å². The number of amides is 2. The van der Waals surface area contributed by atoms with Crippen LogP contribution in [-0.2, 0) is 9.59 Å². The van der Waals surface area contributed by atoms with E-state index in [1.54, 1.807) is 18.5 Å². The Balaban J connectivity index is 1.20. The maximum atomic E-state index is 14.6. The van der Waals surface area contributed by atoms with Crippen molar-refractivity contribution in [1.29, 1.82) is 0 Å². The molecule has 1 aromatic rings. The SMILES string of the molecule is CN1CCN(C(=O)C2CCC(Oc3ccncc3NC(=O)C(C(N)N)C3CC4(CCCC4)CCC(F)CN3)CC2)CC1. The van der Waals surface area contributed by atoms with Crippen molar-refractivity contribution in [3.8, 4) is 5.75 Å². The number of hydrogen-bond donors (Lipinski definition) is 4. The largest absolute Gasteiger partial charge is 0.488 e. The molecule has 0 radical (unpaired) electrons. The molecule has 1 spiro atoms. The first kappa shape index (κ1) is 31.1. The van der Waals surface area contributed by atoms with Gasteiger partial charge in [-0.1, -0.05) is 12.8 Å². The number of alkyl halides is 1. The molecular formula is C31H50FN7O3. The van der Waals surface area contributed by atoms with Gasteiger partial charge in [0.25, 0.3) is 0 Å². The average molecular weight is 588 g/mol. The van der Waals surface area contributed by atoms with Crippen LogP contribution in [0.5, 0.6) is 5.75 Å². The molecule has 2 aliphatic carbocycles. The van der Waals surface area contributed by atoms with E-state index >= 15 is 0 Å². The number of pyridine rings is 1. The van der Waals surface area contributed by atoms with Crippen LogP contribution in [0.25, 0.3) is 0 Å². The van der Waals surface area contributed by atoms with Crippen LogP contribution in [0.3, 0.4) is 0 Å². The number of halogens is 1. The number of aromatic nitrogens is 1. The van der Waals surface area contributed by atoms with Crippen LogP contribution in [-0.4, -0.2) is 90.9 Å². The summed E-state index contributed by atoms with van der Waals surface area (Å²) in [5, 5.41) is 6.31. The number of carbonyl (C=O) groups excluding carboxylic acids is 2. The van der Waals surface area contributed by atoms with Crippen LogP contribution in [0, 0.1) is 17.3 Å². The lowest BCUT2D eigenvalue weighted by atomic mass is 9.72. The number of rotatable bonds is 7. The highest BCUT2D eigenvalue weighted by atomic mass is 19.1. The van der Waals surface area contributed by atoms with Crippen LogP contribution in [0.15, 0.2) is 18.5 Å². The summed E-state index contributed by atoms with van der Waals surface area (Å²) in [5.74, 6) is -0.204. The predicted octanol–water partition coefficient (Wildman–Crippen LogP) is 2.63. The number of anilines is 1. The molecule has 0 aromatic carbocycles. The van der Waals surface area contributed by atoms with Crippen LogP contribution < -0.4 is 26.8 Å². The molecule has 2 saturated heterocycles. The molecule has 10 nitrogen and oxygen atoms in total. The third-order valence-corrected chi connectivity index (χ3v) is 10.2. The lowest BCUT2D eigenvalue weighted by Crippen LogP contribution is -2.57. The fourth-order valence-corrected chi connectivity index (χ4v) is 7.63. The normalized spacial score (nSPS) is 29.6. The lowest BCUT2D eigenvalue weighted by Gasteiger charge is -2.40. The first-order chi connectivity index (χ1) is 20.2. The van der Waals surface area contributed by atoms with Crippen molar-refractivity contribution >= 4 is 17.5 Å². The molecule has 42 heavy (non-hydrogen) atoms. The molecule has 234 valence electrons. The molecule has 5 rings (SSSR count). The molecule has 3 heterocycles. The van der Waals surface area contributed by atoms with E-state index in [1.165, 1.54) is 0 Å². The highest BCUT2D eigenvalue weighted by Gasteiger charge is 2.43. The Labute approximate surface area is 249 Å². The summed E-state index contributed by atoms with van der Waals surface area (Å²) in [4.78, 5) is 35.3. The number of hydrogen-bond acceptors (Lipinski definition) is 8. The van der Waals surface area contributed by atoms with E-state index in [2.05, 4.69) is 27.6 Å². The minimum Gasteiger partial charge on any atom is -0.488 e. The van der Waals surface area contributed by atoms with Crippen molar-refractivity contribution in [1.82, 2.24) is 20.1 Å². The number of nitrogens with two attached hydrogens (primary N) is 2. The topological polar surface area (TPSA) is 139 Å². The molecule has 11 heteroatoms. The highest BCUT2D eigenvalue weighted by Crippen LogP contribution is 2.47. The predicted molar refractivity (Wildman–Crippen MR) is 160 cm³/mol. The number of nitrogens with zero attached hydrogens (tertiary/aromatic N) is 3. The van der Waals surface area contributed by atoms with Crippen molar-refractivity contribution in [2.24, 2.45) is 28.7 Å². The van der Waals surface area contributed by atoms with Crippen molar-refractivity contribution in [2.75, 3.05) is 45.1 Å². The second-order valence-electron chi connectivity index (χ2n) is 13.2. The summed E-state index contributed by atoms with van der Waals surface area (Å²) in [6.45, 7) is 3.63. The molecule has 4 aliphatic rings. The minimum absolute atomic E-state index is 0.0307. The van der Waals surface area contributed by atoms with Crippen LogP contribution in [0.4, 0.5) is 10.1 Å². The van der Waals surface area contributed by atoms with Gasteiger partial charge in [0.05, 0.1) is 24.4 Å². The molecule has 2 amide bonds. The molecule has 2 aliphatic heterocycles. The van der Waals surface area contributed by atoms with E-state index in [0.717, 1.165) is 90.4 Å². The van der Waals surface area contributed by atoms with Gasteiger partial charge in [0, 0.05) is 56.9 Å². The zero-order chi connectivity index (χ0) is 29.7. The monoisotopic (exact) mass is 587 g/mol. The van der Waals surface area contributed by atoms with E-state index in [4.69, 9.17) is 16.2 Å². The maximum Gasteiger partial charge on any atom is 0.232 e. The molecule has 2 saturated carbocycles. The molecular weight excluding hydrogens is 537 g/mol. The Kier molecular flexibility index (Phi) is 10.3. The van der Waals surface area contributed by atoms with E-state index in [1.807, 2.05) is 4.90 Å². The van der Waals surface area contributed by atoms with Crippen molar-refractivity contribution in [3.05, 3.63) is 18.5 Å². The van der Waals surface area contributed by atoms with E-state index < -0.39 is 18.3 Å². The Morgan fingerprint density at radius 3 is 2.50 bits per heavy atom. The fourth-order valence-electron chi connectivity index (χ4n) is 7.63. The molecule has 0 bridgehead atoms. The van der Waals surface area contributed by atoms with Gasteiger partial charge in [0.1, 0.15) is 17.6 Å². The standard InChI is InChI=1S/C31H50FN7O3/c1-38-14-16-39(17-15-38)30(41)21-4-6-23(7-5-21)42-26-9-13-35-20-25(26)37-29(40)27(28(33)34)24-18-31(10-2-3-11-31)12-8-22(32)19-36-24/h9,13,20-24,27-28,36H,2-8,10-12,14-19,33-34H2,1H3,(H,37,40). The molecule has 3 unspecified atom stereocenters. The summed E-state index contributed by atoms with van der Waals surface area (Å²) in [6.07, 6.45) is 11.0. The first-order valence-electron chi connectivity index (χ1n) is 16.0. The third kappa shape index (κ3) is 7.59. The van der Waals surface area contributed by atoms with Gasteiger partial charge in [-0.3, -0.25) is 14.6 Å². The zero-order valence-corrected chi connectivity index (χ0v) is 25.1. The summed E-state index contributed by atoms with van der Waals surface area (Å²) in [7, 11) is 2.09.